The van der Waals surface area contributed by atoms with Crippen LogP contribution in [0.3, 0.4) is 0 Å². The summed E-state index contributed by atoms with van der Waals surface area (Å²) in [6, 6.07) is 80.6. The Labute approximate surface area is 396 Å². The molecule has 0 spiro atoms. The zero-order valence-electron chi connectivity index (χ0n) is 37.6. The Morgan fingerprint density at radius 2 is 0.783 bits per heavy atom. The lowest BCUT2D eigenvalue weighted by molar-refractivity contribution is 1.10. The second-order valence-corrected chi connectivity index (χ2v) is 19.6. The van der Waals surface area contributed by atoms with Gasteiger partial charge in [-0.15, -0.1) is 0 Å². The van der Waals surface area contributed by atoms with Crippen molar-refractivity contribution in [1.29, 1.82) is 0 Å². The molecule has 0 N–H and O–H groups in total. The van der Waals surface area contributed by atoms with Crippen LogP contribution in [0.1, 0.15) is 5.56 Å². The average Bonchev–Trinajstić information content (AvgIpc) is 4.06. The summed E-state index contributed by atoms with van der Waals surface area (Å²) in [6.45, 7) is 2.19. The Kier molecular flexibility index (Phi) is 6.71. The van der Waals surface area contributed by atoms with Crippen LogP contribution in [-0.2, 0) is 0 Å². The minimum absolute atomic E-state index is 0.0244. The smallest absolute Gasteiger partial charge is 0.252 e. The first-order valence-corrected chi connectivity index (χ1v) is 24.2. The summed E-state index contributed by atoms with van der Waals surface area (Å²) in [7, 11) is 0. The Morgan fingerprint density at radius 3 is 1.35 bits per heavy atom. The minimum Gasteiger partial charge on any atom is -0.310 e. The van der Waals surface area contributed by atoms with Gasteiger partial charge in [0.25, 0.3) is 6.71 Å². The average molecular weight is 872 g/mol. The van der Waals surface area contributed by atoms with Crippen LogP contribution in [-0.4, -0.2) is 20.4 Å². The van der Waals surface area contributed by atoms with Crippen LogP contribution in [0.4, 0.5) is 0 Å². The second-order valence-electron chi connectivity index (χ2n) is 19.6. The SMILES string of the molecule is Cc1ccc2c(c1)c1cc(-c3ccccc3)ccc1n2-c1cc2c3c(c1)-n1c4ccc5ccccc5c4c4c5ccccc5cc(c41)B3c1cc3ccccc3c3c4c5ccccc5ccc4n-2c13. The highest BCUT2D eigenvalue weighted by Crippen LogP contribution is 2.47. The van der Waals surface area contributed by atoms with E-state index >= 15 is 0 Å². The van der Waals surface area contributed by atoms with Crippen LogP contribution in [0.25, 0.3) is 137 Å². The van der Waals surface area contributed by atoms with Gasteiger partial charge in [-0.2, -0.15) is 0 Å². The van der Waals surface area contributed by atoms with Gasteiger partial charge in [0.05, 0.1) is 38.8 Å². The van der Waals surface area contributed by atoms with Crippen LogP contribution in [0, 0.1) is 6.92 Å². The molecule has 0 amide bonds. The summed E-state index contributed by atoms with van der Waals surface area (Å²) in [6.07, 6.45) is 0. The molecular weight excluding hydrogens is 834 g/mol. The van der Waals surface area contributed by atoms with Crippen molar-refractivity contribution in [2.24, 2.45) is 0 Å². The van der Waals surface area contributed by atoms with Gasteiger partial charge in [0.2, 0.25) is 0 Å². The fraction of sp³-hybridized carbons (Fsp3) is 0.0154. The minimum atomic E-state index is -0.0244. The summed E-state index contributed by atoms with van der Waals surface area (Å²) in [5.74, 6) is 0. The number of hydrogen-bond acceptors (Lipinski definition) is 0. The van der Waals surface area contributed by atoms with E-state index < -0.39 is 0 Å². The van der Waals surface area contributed by atoms with E-state index in [9.17, 15) is 0 Å². The third-order valence-electron chi connectivity index (χ3n) is 16.1. The summed E-state index contributed by atoms with van der Waals surface area (Å²) >= 11 is 0. The van der Waals surface area contributed by atoms with Crippen molar-refractivity contribution >= 4 is 132 Å². The molecule has 15 aromatic rings. The van der Waals surface area contributed by atoms with Crippen molar-refractivity contribution in [3.05, 3.63) is 218 Å². The van der Waals surface area contributed by atoms with Crippen molar-refractivity contribution in [2.45, 2.75) is 6.92 Å². The highest BCUT2D eigenvalue weighted by Gasteiger charge is 2.42. The molecule has 5 heterocycles. The predicted molar refractivity (Wildman–Crippen MR) is 294 cm³/mol. The standard InChI is InChI=1S/C65H38BN3/c1-37-23-27-53-49(31-37)50-32-41(38-13-3-2-4-14-38)26-28-54(50)67(53)44-35-57-63-58(36-44)69-56-30-25-40-16-6-10-20-46(40)60(56)62-48-22-12-8-18-43(48)34-52(65(62)69)66(63)51-33-42-17-7-11-21-47(42)61-59-45-19-9-5-15-39(45)24-29-55(59)68(57)64(51)61/h2-36H,1H3. The summed E-state index contributed by atoms with van der Waals surface area (Å²) in [5, 5.41) is 18.1. The van der Waals surface area contributed by atoms with E-state index in [1.165, 1.54) is 153 Å². The fourth-order valence-corrected chi connectivity index (χ4v) is 13.4. The topological polar surface area (TPSA) is 14.8 Å². The van der Waals surface area contributed by atoms with E-state index in [-0.39, 0.29) is 6.71 Å². The maximum Gasteiger partial charge on any atom is 0.252 e. The Balaban J connectivity index is 1.11. The number of fused-ring (bicyclic) bond motifs is 21. The first-order chi connectivity index (χ1) is 34.2. The molecule has 0 bridgehead atoms. The largest absolute Gasteiger partial charge is 0.310 e. The van der Waals surface area contributed by atoms with Gasteiger partial charge in [-0.3, -0.25) is 0 Å². The molecule has 2 aliphatic rings. The third kappa shape index (κ3) is 4.50. The first-order valence-electron chi connectivity index (χ1n) is 24.2. The monoisotopic (exact) mass is 871 g/mol. The van der Waals surface area contributed by atoms with E-state index in [4.69, 9.17) is 0 Å². The third-order valence-corrected chi connectivity index (χ3v) is 16.1. The normalized spacial score (nSPS) is 13.0. The van der Waals surface area contributed by atoms with Gasteiger partial charge in [-0.05, 0) is 126 Å². The maximum atomic E-state index is 2.66. The molecule has 0 aliphatic carbocycles. The van der Waals surface area contributed by atoms with Crippen molar-refractivity contribution < 1.29 is 0 Å². The summed E-state index contributed by atoms with van der Waals surface area (Å²) in [5.41, 5.74) is 18.9. The lowest BCUT2D eigenvalue weighted by Gasteiger charge is -2.34. The Hall–Kier alpha value is -8.86. The molecule has 0 radical (unpaired) electrons. The highest BCUT2D eigenvalue weighted by molar-refractivity contribution is 7.00. The second kappa shape index (κ2) is 12.8. The van der Waals surface area contributed by atoms with E-state index in [0.717, 1.165) is 5.69 Å². The molecule has 0 saturated carbocycles. The van der Waals surface area contributed by atoms with Crippen LogP contribution >= 0.6 is 0 Å². The van der Waals surface area contributed by atoms with Gasteiger partial charge in [-0.25, -0.2) is 0 Å². The number of hydrogen-bond donors (Lipinski definition) is 0. The van der Waals surface area contributed by atoms with Crippen molar-refractivity contribution in [2.75, 3.05) is 0 Å². The molecule has 316 valence electrons. The fourth-order valence-electron chi connectivity index (χ4n) is 13.4. The number of benzene rings is 12. The van der Waals surface area contributed by atoms with E-state index in [0.29, 0.717) is 0 Å². The van der Waals surface area contributed by atoms with Gasteiger partial charge in [0, 0.05) is 43.7 Å². The summed E-state index contributed by atoms with van der Waals surface area (Å²) < 4.78 is 7.87. The Morgan fingerprint density at radius 1 is 0.319 bits per heavy atom. The van der Waals surface area contributed by atoms with Gasteiger partial charge < -0.3 is 13.7 Å². The molecule has 3 aromatic heterocycles. The number of rotatable bonds is 2. The van der Waals surface area contributed by atoms with Crippen molar-refractivity contribution in [3.8, 4) is 28.2 Å². The number of aromatic nitrogens is 3. The van der Waals surface area contributed by atoms with Crippen LogP contribution < -0.4 is 16.4 Å². The molecule has 4 heteroatoms. The molecule has 3 nitrogen and oxygen atoms in total. The van der Waals surface area contributed by atoms with Crippen LogP contribution in [0.5, 0.6) is 0 Å². The quantitative estimate of drug-likeness (QED) is 0.154. The van der Waals surface area contributed by atoms with Crippen LogP contribution in [0.2, 0.25) is 0 Å². The number of aryl methyl sites for hydroxylation is 1. The zero-order valence-corrected chi connectivity index (χ0v) is 37.6. The molecule has 0 fully saturated rings. The van der Waals surface area contributed by atoms with Crippen molar-refractivity contribution in [1.82, 2.24) is 13.7 Å². The predicted octanol–water partition coefficient (Wildman–Crippen LogP) is 14.7. The molecule has 69 heavy (non-hydrogen) atoms. The lowest BCUT2D eigenvalue weighted by Crippen LogP contribution is -2.59. The molecule has 17 rings (SSSR count). The molecule has 0 atom stereocenters. The molecule has 0 saturated heterocycles. The first kappa shape index (κ1) is 36.3. The van der Waals surface area contributed by atoms with Gasteiger partial charge in [0.1, 0.15) is 0 Å². The summed E-state index contributed by atoms with van der Waals surface area (Å²) in [4.78, 5) is 0. The van der Waals surface area contributed by atoms with Crippen molar-refractivity contribution in [3.63, 3.8) is 0 Å². The van der Waals surface area contributed by atoms with Gasteiger partial charge >= 0.3 is 0 Å². The Bertz CT molecular complexity index is 4630. The maximum absolute atomic E-state index is 2.66. The van der Waals surface area contributed by atoms with Crippen LogP contribution in [0.15, 0.2) is 212 Å². The molecular formula is C65H38BN3. The lowest BCUT2D eigenvalue weighted by atomic mass is 9.34. The van der Waals surface area contributed by atoms with Gasteiger partial charge in [-0.1, -0.05) is 169 Å². The van der Waals surface area contributed by atoms with E-state index in [2.05, 4.69) is 233 Å². The molecule has 2 aliphatic heterocycles. The highest BCUT2D eigenvalue weighted by atomic mass is 15.1. The van der Waals surface area contributed by atoms with E-state index in [1.54, 1.807) is 0 Å². The zero-order chi connectivity index (χ0) is 44.8. The van der Waals surface area contributed by atoms with E-state index in [1.807, 2.05) is 0 Å². The molecule has 12 aromatic carbocycles. The number of nitrogens with zero attached hydrogens (tertiary/aromatic N) is 3. The molecule has 0 unspecified atom stereocenters. The van der Waals surface area contributed by atoms with Gasteiger partial charge in [0.15, 0.2) is 0 Å².